The van der Waals surface area contributed by atoms with Crippen LogP contribution in [0.3, 0.4) is 0 Å². The Bertz CT molecular complexity index is 1110. The molecule has 1 unspecified atom stereocenters. The lowest BCUT2D eigenvalue weighted by Crippen LogP contribution is -2.37. The number of carbonyl (C=O) groups is 2. The highest BCUT2D eigenvalue weighted by Gasteiger charge is 2.27. The number of hydrogen-bond acceptors (Lipinski definition) is 7. The number of hydrogen-bond donors (Lipinski definition) is 1. The second kappa shape index (κ2) is 36.4. The molecule has 0 aliphatic heterocycles. The van der Waals surface area contributed by atoms with Gasteiger partial charge in [-0.1, -0.05) is 152 Å². The fourth-order valence-electron chi connectivity index (χ4n) is 5.23. The molecule has 0 aromatic rings. The number of quaternary nitrogens is 1. The van der Waals surface area contributed by atoms with E-state index < -0.39 is 32.5 Å². The van der Waals surface area contributed by atoms with Crippen LogP contribution in [-0.2, 0) is 32.7 Å². The molecule has 0 amide bonds. The third-order valence-electron chi connectivity index (χ3n) is 8.56. The number of phosphoric ester groups is 1. The summed E-state index contributed by atoms with van der Waals surface area (Å²) in [5.74, 6) is -0.899. The summed E-state index contributed by atoms with van der Waals surface area (Å²) < 4.78 is 34.1. The van der Waals surface area contributed by atoms with Gasteiger partial charge in [-0.15, -0.1) is 0 Å². The molecule has 2 atom stereocenters. The molecule has 0 bridgehead atoms. The van der Waals surface area contributed by atoms with Crippen molar-refractivity contribution in [2.75, 3.05) is 47.5 Å². The summed E-state index contributed by atoms with van der Waals surface area (Å²) in [7, 11) is 1.42. The lowest BCUT2D eigenvalue weighted by atomic mass is 10.1. The minimum absolute atomic E-state index is 0.0169. The molecule has 312 valence electrons. The van der Waals surface area contributed by atoms with Crippen LogP contribution >= 0.6 is 7.82 Å². The van der Waals surface area contributed by atoms with E-state index in [1.807, 2.05) is 33.3 Å². The van der Waals surface area contributed by atoms with Gasteiger partial charge in [0, 0.05) is 12.8 Å². The van der Waals surface area contributed by atoms with Gasteiger partial charge >= 0.3 is 19.8 Å². The fraction of sp³-hybridized carbons (Fsp3) is 0.727. The van der Waals surface area contributed by atoms with Crippen LogP contribution < -0.4 is 0 Å². The van der Waals surface area contributed by atoms with Gasteiger partial charge in [0.15, 0.2) is 6.10 Å². The van der Waals surface area contributed by atoms with Crippen LogP contribution in [0.4, 0.5) is 0 Å². The van der Waals surface area contributed by atoms with Crippen LogP contribution in [0.15, 0.2) is 60.8 Å². The molecular formula is C44H79NO8P+. The maximum atomic E-state index is 12.6. The van der Waals surface area contributed by atoms with E-state index in [9.17, 15) is 19.0 Å². The largest absolute Gasteiger partial charge is 0.472 e. The quantitative estimate of drug-likeness (QED) is 0.0218. The average molecular weight is 781 g/mol. The molecule has 0 aromatic heterocycles. The molecule has 0 heterocycles. The normalized spacial score (nSPS) is 14.3. The van der Waals surface area contributed by atoms with Crippen molar-refractivity contribution in [2.24, 2.45) is 0 Å². The zero-order chi connectivity index (χ0) is 40.0. The van der Waals surface area contributed by atoms with Crippen LogP contribution in [0, 0.1) is 0 Å². The number of ether oxygens (including phenoxy) is 2. The SMILES string of the molecule is CCCCC/C=C/C/C=C/C/C=C/C/C=C/C/C=C/CCC(=O)O[C@H](COC(=O)CCCCCCCCCCCCC)COP(=O)(O)OCC[N+](C)(C)C. The topological polar surface area (TPSA) is 108 Å². The summed E-state index contributed by atoms with van der Waals surface area (Å²) in [6, 6.07) is 0. The molecule has 0 aliphatic rings. The molecule has 10 heteroatoms. The molecule has 54 heavy (non-hydrogen) atoms. The van der Waals surface area contributed by atoms with Crippen LogP contribution in [0.5, 0.6) is 0 Å². The fourth-order valence-corrected chi connectivity index (χ4v) is 5.97. The van der Waals surface area contributed by atoms with Gasteiger partial charge in [-0.25, -0.2) is 4.57 Å². The highest BCUT2D eigenvalue weighted by atomic mass is 31.2. The van der Waals surface area contributed by atoms with E-state index in [0.29, 0.717) is 17.4 Å². The first-order chi connectivity index (χ1) is 26.0. The van der Waals surface area contributed by atoms with E-state index in [2.05, 4.69) is 62.5 Å². The molecule has 0 rings (SSSR count). The number of unbranched alkanes of at least 4 members (excludes halogenated alkanes) is 13. The number of esters is 2. The highest BCUT2D eigenvalue weighted by molar-refractivity contribution is 7.47. The van der Waals surface area contributed by atoms with Gasteiger partial charge in [-0.2, -0.15) is 0 Å². The van der Waals surface area contributed by atoms with Crippen molar-refractivity contribution in [3.05, 3.63) is 60.8 Å². The van der Waals surface area contributed by atoms with Gasteiger partial charge in [-0.05, 0) is 51.4 Å². The van der Waals surface area contributed by atoms with E-state index in [1.54, 1.807) is 0 Å². The Morgan fingerprint density at radius 2 is 1.04 bits per heavy atom. The molecule has 0 fully saturated rings. The second-order valence-electron chi connectivity index (χ2n) is 15.0. The molecule has 0 spiro atoms. The Balaban J connectivity index is 4.52. The van der Waals surface area contributed by atoms with Gasteiger partial charge < -0.3 is 18.9 Å². The molecule has 0 saturated heterocycles. The lowest BCUT2D eigenvalue weighted by molar-refractivity contribution is -0.870. The number of phosphoric acid groups is 1. The van der Waals surface area contributed by atoms with E-state index in [4.69, 9.17) is 18.5 Å². The van der Waals surface area contributed by atoms with Gasteiger partial charge in [0.05, 0.1) is 27.7 Å². The standard InChI is InChI=1S/C44H78NO8P/c1-6-8-10-12-14-16-18-19-20-21-22-23-24-25-27-29-31-33-35-37-44(47)53-42(41-52-54(48,49)51-39-38-45(3,4)5)40-50-43(46)36-34-32-30-28-26-17-15-13-11-9-7-2/h14,16,19-20,22-23,25,27,31,33,42H,6-13,15,17-18,21,24,26,28-30,32,34-41H2,1-5H3/p+1/b16-14+,20-19+,23-22+,27-25+,33-31+/t42-/m1/s1. The Morgan fingerprint density at radius 3 is 1.56 bits per heavy atom. The monoisotopic (exact) mass is 781 g/mol. The summed E-state index contributed by atoms with van der Waals surface area (Å²) in [4.78, 5) is 35.2. The Labute approximate surface area is 330 Å². The summed E-state index contributed by atoms with van der Waals surface area (Å²) in [5.41, 5.74) is 0. The predicted octanol–water partition coefficient (Wildman–Crippen LogP) is 11.7. The number of likely N-dealkylation sites (N-methyl/N-ethyl adjacent to an activating group) is 1. The van der Waals surface area contributed by atoms with E-state index in [1.165, 1.54) is 77.0 Å². The third kappa shape index (κ3) is 39.4. The molecule has 9 nitrogen and oxygen atoms in total. The van der Waals surface area contributed by atoms with Crippen molar-refractivity contribution < 1.29 is 42.1 Å². The van der Waals surface area contributed by atoms with Crippen molar-refractivity contribution in [1.82, 2.24) is 0 Å². The third-order valence-corrected chi connectivity index (χ3v) is 9.55. The first-order valence-electron chi connectivity index (χ1n) is 21.0. The maximum Gasteiger partial charge on any atom is 0.472 e. The number of allylic oxidation sites excluding steroid dienone is 10. The van der Waals surface area contributed by atoms with Crippen LogP contribution in [0.2, 0.25) is 0 Å². The van der Waals surface area contributed by atoms with Crippen LogP contribution in [-0.4, -0.2) is 74.9 Å². The van der Waals surface area contributed by atoms with Crippen molar-refractivity contribution in [3.63, 3.8) is 0 Å². The predicted molar refractivity (Wildman–Crippen MR) is 224 cm³/mol. The van der Waals surface area contributed by atoms with Gasteiger partial charge in [0.25, 0.3) is 0 Å². The maximum absolute atomic E-state index is 12.6. The average Bonchev–Trinajstić information content (AvgIpc) is 3.12. The number of rotatable bonds is 37. The Kier molecular flexibility index (Phi) is 34.8. The van der Waals surface area contributed by atoms with Crippen molar-refractivity contribution in [2.45, 2.75) is 161 Å². The smallest absolute Gasteiger partial charge is 0.462 e. The first-order valence-corrected chi connectivity index (χ1v) is 22.5. The summed E-state index contributed by atoms with van der Waals surface area (Å²) in [6.45, 7) is 4.28. The van der Waals surface area contributed by atoms with Crippen molar-refractivity contribution in [3.8, 4) is 0 Å². The second-order valence-corrected chi connectivity index (χ2v) is 16.5. The van der Waals surface area contributed by atoms with Crippen LogP contribution in [0.25, 0.3) is 0 Å². The Hall–Kier alpha value is -2.29. The summed E-state index contributed by atoms with van der Waals surface area (Å²) in [5, 5.41) is 0. The number of nitrogens with zero attached hydrogens (tertiary/aromatic N) is 1. The molecule has 0 aliphatic carbocycles. The molecule has 1 N–H and O–H groups in total. The molecule has 0 radical (unpaired) electrons. The zero-order valence-electron chi connectivity index (χ0n) is 34.9. The first kappa shape index (κ1) is 51.7. The van der Waals surface area contributed by atoms with Gasteiger partial charge in [0.2, 0.25) is 0 Å². The lowest BCUT2D eigenvalue weighted by Gasteiger charge is -2.24. The zero-order valence-corrected chi connectivity index (χ0v) is 35.8. The highest BCUT2D eigenvalue weighted by Crippen LogP contribution is 2.43. The van der Waals surface area contributed by atoms with Gasteiger partial charge in [-0.3, -0.25) is 18.6 Å². The Morgan fingerprint density at radius 1 is 0.574 bits per heavy atom. The summed E-state index contributed by atoms with van der Waals surface area (Å²) >= 11 is 0. The van der Waals surface area contributed by atoms with Gasteiger partial charge in [0.1, 0.15) is 19.8 Å². The van der Waals surface area contributed by atoms with E-state index in [-0.39, 0.29) is 26.1 Å². The minimum Gasteiger partial charge on any atom is -0.462 e. The minimum atomic E-state index is -4.39. The van der Waals surface area contributed by atoms with E-state index in [0.717, 1.165) is 44.9 Å². The van der Waals surface area contributed by atoms with E-state index >= 15 is 0 Å². The molecular weight excluding hydrogens is 701 g/mol. The summed E-state index contributed by atoms with van der Waals surface area (Å²) in [6.07, 6.45) is 42.8. The van der Waals surface area contributed by atoms with Crippen molar-refractivity contribution >= 4 is 19.8 Å². The molecule has 0 saturated carbocycles. The van der Waals surface area contributed by atoms with Crippen molar-refractivity contribution in [1.29, 1.82) is 0 Å². The number of carbonyl (C=O) groups excluding carboxylic acids is 2. The van der Waals surface area contributed by atoms with Crippen LogP contribution in [0.1, 0.15) is 155 Å². The molecule has 0 aromatic carbocycles.